The van der Waals surface area contributed by atoms with Crippen LogP contribution in [0.2, 0.25) is 0 Å². The van der Waals surface area contributed by atoms with E-state index in [1.165, 1.54) is 4.90 Å². The summed E-state index contributed by atoms with van der Waals surface area (Å²) in [7, 11) is 4.93. The number of carbonyl (C=O) groups excluding carboxylic acids is 1. The summed E-state index contributed by atoms with van der Waals surface area (Å²) in [6.07, 6.45) is 0.842. The number of halogens is 4. The Morgan fingerprint density at radius 3 is 2.20 bits per heavy atom. The number of benzene rings is 1. The maximum absolute atomic E-state index is 13.3. The van der Waals surface area contributed by atoms with E-state index in [0.29, 0.717) is 12.5 Å². The first-order valence-electron chi connectivity index (χ1n) is 7.59. The maximum atomic E-state index is 13.3. The zero-order chi connectivity index (χ0) is 18.3. The Morgan fingerprint density at radius 1 is 1.16 bits per heavy atom. The number of nitrogens with zero attached hydrogens (tertiary/aromatic N) is 3. The molecule has 0 aromatic heterocycles. The highest BCUT2D eigenvalue weighted by molar-refractivity contribution is 14.0. The molecule has 0 saturated carbocycles. The van der Waals surface area contributed by atoms with E-state index in [1.54, 1.807) is 26.0 Å². The van der Waals surface area contributed by atoms with E-state index in [4.69, 9.17) is 0 Å². The molecule has 0 aliphatic heterocycles. The molecule has 0 aliphatic rings. The molecule has 25 heavy (non-hydrogen) atoms. The molecule has 0 radical (unpaired) electrons. The van der Waals surface area contributed by atoms with Gasteiger partial charge in [-0.25, -0.2) is 18.2 Å². The summed E-state index contributed by atoms with van der Waals surface area (Å²) in [6.45, 7) is 2.67. The largest absolute Gasteiger partial charge is 0.356 e. The molecule has 0 spiro atoms. The quantitative estimate of drug-likeness (QED) is 0.300. The molecule has 0 heterocycles. The van der Waals surface area contributed by atoms with Crippen molar-refractivity contribution in [1.82, 2.24) is 15.1 Å². The summed E-state index contributed by atoms with van der Waals surface area (Å²) < 4.78 is 39.6. The van der Waals surface area contributed by atoms with Crippen LogP contribution in [0, 0.1) is 17.5 Å². The third-order valence-electron chi connectivity index (χ3n) is 3.22. The molecular formula is C16H24F3IN4O. The Bertz CT molecular complexity index is 588. The lowest BCUT2D eigenvalue weighted by Gasteiger charge is -2.23. The summed E-state index contributed by atoms with van der Waals surface area (Å²) in [5, 5.41) is 3.07. The number of likely N-dealkylation sites (N-methyl/N-ethyl adjacent to an activating group) is 1. The second kappa shape index (κ2) is 11.2. The number of amides is 1. The van der Waals surface area contributed by atoms with Crippen molar-refractivity contribution in [2.24, 2.45) is 4.99 Å². The molecule has 0 aliphatic carbocycles. The fourth-order valence-corrected chi connectivity index (χ4v) is 1.88. The van der Waals surface area contributed by atoms with Gasteiger partial charge in [-0.15, -0.1) is 24.0 Å². The van der Waals surface area contributed by atoms with Crippen molar-refractivity contribution in [3.8, 4) is 0 Å². The molecule has 0 fully saturated rings. The Kier molecular flexibility index (Phi) is 10.5. The zero-order valence-electron chi connectivity index (χ0n) is 14.8. The van der Waals surface area contributed by atoms with Crippen LogP contribution in [0.1, 0.15) is 18.9 Å². The standard InChI is InChI=1S/C16H23F3N4O.HI/c1-5-6-20-16(21-9-14(24)22(2)3)23(4)10-11-7-12(17)15(19)13(18)8-11;/h7-8H,5-6,9-10H2,1-4H3,(H,20,21);1H. The van der Waals surface area contributed by atoms with Gasteiger partial charge in [0.15, 0.2) is 23.4 Å². The minimum absolute atomic E-state index is 0. The van der Waals surface area contributed by atoms with Gasteiger partial charge in [0.05, 0.1) is 0 Å². The Morgan fingerprint density at radius 2 is 1.72 bits per heavy atom. The van der Waals surface area contributed by atoms with Crippen molar-refractivity contribution >= 4 is 35.8 Å². The number of aliphatic imine (C=N–C) groups is 1. The van der Waals surface area contributed by atoms with Crippen LogP contribution < -0.4 is 5.32 Å². The van der Waals surface area contributed by atoms with Gasteiger partial charge in [0.2, 0.25) is 5.91 Å². The highest BCUT2D eigenvalue weighted by Crippen LogP contribution is 2.14. The molecule has 1 amide bonds. The fourth-order valence-electron chi connectivity index (χ4n) is 1.88. The molecule has 0 bridgehead atoms. The lowest BCUT2D eigenvalue weighted by Crippen LogP contribution is -2.40. The van der Waals surface area contributed by atoms with Gasteiger partial charge in [0.25, 0.3) is 0 Å². The molecule has 1 N–H and O–H groups in total. The molecular weight excluding hydrogens is 448 g/mol. The average molecular weight is 472 g/mol. The van der Waals surface area contributed by atoms with Crippen molar-refractivity contribution in [2.75, 3.05) is 34.2 Å². The Hall–Kier alpha value is -1.52. The van der Waals surface area contributed by atoms with Gasteiger partial charge < -0.3 is 15.1 Å². The normalized spacial score (nSPS) is 10.9. The summed E-state index contributed by atoms with van der Waals surface area (Å²) in [6, 6.07) is 1.88. The van der Waals surface area contributed by atoms with Gasteiger partial charge in [-0.2, -0.15) is 0 Å². The highest BCUT2D eigenvalue weighted by atomic mass is 127. The zero-order valence-corrected chi connectivity index (χ0v) is 17.1. The highest BCUT2D eigenvalue weighted by Gasteiger charge is 2.14. The van der Waals surface area contributed by atoms with Gasteiger partial charge in [0.1, 0.15) is 6.54 Å². The summed E-state index contributed by atoms with van der Waals surface area (Å²) in [4.78, 5) is 18.9. The van der Waals surface area contributed by atoms with Gasteiger partial charge in [0, 0.05) is 34.2 Å². The van der Waals surface area contributed by atoms with Crippen LogP contribution in [-0.2, 0) is 11.3 Å². The van der Waals surface area contributed by atoms with E-state index in [2.05, 4.69) is 10.3 Å². The second-order valence-corrected chi connectivity index (χ2v) is 5.58. The van der Waals surface area contributed by atoms with Crippen molar-refractivity contribution < 1.29 is 18.0 Å². The lowest BCUT2D eigenvalue weighted by molar-refractivity contribution is -0.127. The molecule has 1 aromatic carbocycles. The fraction of sp³-hybridized carbons (Fsp3) is 0.500. The van der Waals surface area contributed by atoms with Crippen molar-refractivity contribution in [3.05, 3.63) is 35.1 Å². The maximum Gasteiger partial charge on any atom is 0.243 e. The number of hydrogen-bond acceptors (Lipinski definition) is 2. The lowest BCUT2D eigenvalue weighted by atomic mass is 10.2. The van der Waals surface area contributed by atoms with E-state index in [0.717, 1.165) is 18.6 Å². The number of rotatable bonds is 6. The third-order valence-corrected chi connectivity index (χ3v) is 3.22. The predicted molar refractivity (Wildman–Crippen MR) is 102 cm³/mol. The first kappa shape index (κ1) is 23.5. The summed E-state index contributed by atoms with van der Waals surface area (Å²) in [5.74, 6) is -3.70. The Balaban J connectivity index is 0.00000576. The predicted octanol–water partition coefficient (Wildman–Crippen LogP) is 2.60. The first-order valence-corrected chi connectivity index (χ1v) is 7.59. The van der Waals surface area contributed by atoms with E-state index >= 15 is 0 Å². The Labute approximate surface area is 163 Å². The average Bonchev–Trinajstić information content (AvgIpc) is 2.51. The van der Waals surface area contributed by atoms with E-state index in [9.17, 15) is 18.0 Å². The topological polar surface area (TPSA) is 47.9 Å². The minimum atomic E-state index is -1.49. The van der Waals surface area contributed by atoms with Gasteiger partial charge in [-0.3, -0.25) is 4.79 Å². The number of hydrogen-bond donors (Lipinski definition) is 1. The smallest absolute Gasteiger partial charge is 0.243 e. The SMILES string of the molecule is CCCNC(=NCC(=O)N(C)C)N(C)Cc1cc(F)c(F)c(F)c1.I. The van der Waals surface area contributed by atoms with Crippen LogP contribution in [0.3, 0.4) is 0 Å². The van der Waals surface area contributed by atoms with Crippen LogP contribution in [0.4, 0.5) is 13.2 Å². The monoisotopic (exact) mass is 472 g/mol. The van der Waals surface area contributed by atoms with Crippen molar-refractivity contribution in [3.63, 3.8) is 0 Å². The summed E-state index contributed by atoms with van der Waals surface area (Å²) in [5.41, 5.74) is 0.263. The molecule has 9 heteroatoms. The van der Waals surface area contributed by atoms with Crippen LogP contribution in [0.15, 0.2) is 17.1 Å². The van der Waals surface area contributed by atoms with Crippen molar-refractivity contribution in [1.29, 1.82) is 0 Å². The molecule has 142 valence electrons. The summed E-state index contributed by atoms with van der Waals surface area (Å²) >= 11 is 0. The first-order chi connectivity index (χ1) is 11.3. The molecule has 1 aromatic rings. The number of guanidine groups is 1. The minimum Gasteiger partial charge on any atom is -0.356 e. The molecule has 0 saturated heterocycles. The van der Waals surface area contributed by atoms with E-state index in [1.807, 2.05) is 6.92 Å². The van der Waals surface area contributed by atoms with Gasteiger partial charge in [-0.05, 0) is 24.1 Å². The van der Waals surface area contributed by atoms with Crippen LogP contribution in [-0.4, -0.2) is 55.9 Å². The van der Waals surface area contributed by atoms with Crippen LogP contribution >= 0.6 is 24.0 Å². The van der Waals surface area contributed by atoms with Crippen molar-refractivity contribution in [2.45, 2.75) is 19.9 Å². The molecule has 1 rings (SSSR count). The van der Waals surface area contributed by atoms with E-state index < -0.39 is 17.5 Å². The van der Waals surface area contributed by atoms with Gasteiger partial charge in [-0.1, -0.05) is 6.92 Å². The second-order valence-electron chi connectivity index (χ2n) is 5.58. The van der Waals surface area contributed by atoms with E-state index in [-0.39, 0.29) is 48.5 Å². The molecule has 0 unspecified atom stereocenters. The third kappa shape index (κ3) is 7.49. The van der Waals surface area contributed by atoms with Crippen LogP contribution in [0.25, 0.3) is 0 Å². The van der Waals surface area contributed by atoms with Gasteiger partial charge >= 0.3 is 0 Å². The molecule has 0 atom stereocenters. The number of nitrogens with one attached hydrogen (secondary N) is 1. The van der Waals surface area contributed by atoms with Crippen LogP contribution in [0.5, 0.6) is 0 Å². The molecule has 5 nitrogen and oxygen atoms in total. The number of carbonyl (C=O) groups is 1.